The van der Waals surface area contributed by atoms with Gasteiger partial charge in [-0.2, -0.15) is 0 Å². The van der Waals surface area contributed by atoms with Gasteiger partial charge in [-0.05, 0) is 42.3 Å². The van der Waals surface area contributed by atoms with Crippen molar-refractivity contribution in [3.63, 3.8) is 0 Å². The van der Waals surface area contributed by atoms with E-state index in [0.29, 0.717) is 24.7 Å². The smallest absolute Gasteiger partial charge is 0.127 e. The Morgan fingerprint density at radius 3 is 2.61 bits per heavy atom. The number of benzene rings is 3. The highest BCUT2D eigenvalue weighted by Crippen LogP contribution is 2.38. The largest absolute Gasteiger partial charge is 0.550 e. The molecule has 4 rings (SSSR count). The van der Waals surface area contributed by atoms with Gasteiger partial charge in [0.2, 0.25) is 0 Å². The Bertz CT molecular complexity index is 968. The SMILES string of the molecule is O=C([O-])CC1COc2cc(OCc3cccc(Oc4ccccc4)c3)ccc21. The van der Waals surface area contributed by atoms with Gasteiger partial charge in [-0.3, -0.25) is 0 Å². The molecule has 5 heteroatoms. The molecule has 1 heterocycles. The standard InChI is InChI=1S/C23H20O5/c24-23(25)12-17-15-27-22-13-19(9-10-21(17)22)26-14-16-5-4-8-20(11-16)28-18-6-2-1-3-7-18/h1-11,13,17H,12,14-15H2,(H,24,25)/p-1. The van der Waals surface area contributed by atoms with Crippen molar-refractivity contribution in [2.24, 2.45) is 0 Å². The molecule has 0 saturated carbocycles. The van der Waals surface area contributed by atoms with Crippen molar-refractivity contribution in [3.8, 4) is 23.0 Å². The first-order chi connectivity index (χ1) is 13.7. The highest BCUT2D eigenvalue weighted by Gasteiger charge is 2.24. The Kier molecular flexibility index (Phi) is 5.15. The first kappa shape index (κ1) is 17.9. The number of ether oxygens (including phenoxy) is 3. The molecule has 1 aliphatic heterocycles. The summed E-state index contributed by atoms with van der Waals surface area (Å²) in [5.74, 6) is 1.63. The molecule has 3 aromatic rings. The zero-order valence-electron chi connectivity index (χ0n) is 15.2. The van der Waals surface area contributed by atoms with Crippen molar-refractivity contribution in [1.29, 1.82) is 0 Å². The summed E-state index contributed by atoms with van der Waals surface area (Å²) in [5, 5.41) is 10.8. The summed E-state index contributed by atoms with van der Waals surface area (Å²) < 4.78 is 17.3. The highest BCUT2D eigenvalue weighted by molar-refractivity contribution is 5.66. The molecule has 0 bridgehead atoms. The van der Waals surface area contributed by atoms with Crippen LogP contribution in [0.1, 0.15) is 23.5 Å². The molecule has 0 N–H and O–H groups in total. The van der Waals surface area contributed by atoms with Gasteiger partial charge in [-0.15, -0.1) is 0 Å². The van der Waals surface area contributed by atoms with Crippen LogP contribution in [0.3, 0.4) is 0 Å². The number of carbonyl (C=O) groups excluding carboxylic acids is 1. The fraction of sp³-hybridized carbons (Fsp3) is 0.174. The van der Waals surface area contributed by atoms with Crippen LogP contribution in [0.2, 0.25) is 0 Å². The average Bonchev–Trinajstić information content (AvgIpc) is 3.09. The van der Waals surface area contributed by atoms with E-state index in [2.05, 4.69) is 0 Å². The van der Waals surface area contributed by atoms with Crippen LogP contribution in [0.4, 0.5) is 0 Å². The molecule has 28 heavy (non-hydrogen) atoms. The van der Waals surface area contributed by atoms with Crippen LogP contribution in [0.15, 0.2) is 72.8 Å². The zero-order chi connectivity index (χ0) is 19.3. The second kappa shape index (κ2) is 8.05. The van der Waals surface area contributed by atoms with E-state index in [9.17, 15) is 9.90 Å². The summed E-state index contributed by atoms with van der Waals surface area (Å²) in [6, 6.07) is 22.8. The van der Waals surface area contributed by atoms with Crippen molar-refractivity contribution in [3.05, 3.63) is 83.9 Å². The number of hydrogen-bond donors (Lipinski definition) is 0. The molecule has 0 fully saturated rings. The third-order valence-corrected chi connectivity index (χ3v) is 4.56. The van der Waals surface area contributed by atoms with E-state index in [1.807, 2.05) is 66.7 Å². The van der Waals surface area contributed by atoms with Crippen molar-refractivity contribution in [2.45, 2.75) is 18.9 Å². The number of carboxylic acids is 1. The fourth-order valence-electron chi connectivity index (χ4n) is 3.21. The van der Waals surface area contributed by atoms with Crippen LogP contribution in [-0.2, 0) is 11.4 Å². The lowest BCUT2D eigenvalue weighted by atomic mass is 9.98. The molecule has 0 aliphatic carbocycles. The van der Waals surface area contributed by atoms with Gasteiger partial charge >= 0.3 is 0 Å². The Hall–Kier alpha value is -3.47. The van der Waals surface area contributed by atoms with Crippen LogP contribution >= 0.6 is 0 Å². The molecule has 1 aliphatic rings. The molecule has 1 unspecified atom stereocenters. The summed E-state index contributed by atoms with van der Waals surface area (Å²) in [6.07, 6.45) is -0.0403. The van der Waals surface area contributed by atoms with Crippen molar-refractivity contribution in [1.82, 2.24) is 0 Å². The van der Waals surface area contributed by atoms with Gasteiger partial charge in [-0.25, -0.2) is 0 Å². The van der Waals surface area contributed by atoms with Gasteiger partial charge in [0.25, 0.3) is 0 Å². The quantitative estimate of drug-likeness (QED) is 0.630. The first-order valence-electron chi connectivity index (χ1n) is 9.08. The maximum atomic E-state index is 10.8. The maximum Gasteiger partial charge on any atom is 0.127 e. The monoisotopic (exact) mass is 375 g/mol. The number of rotatable bonds is 7. The Balaban J connectivity index is 1.40. The predicted octanol–water partition coefficient (Wildman–Crippen LogP) is 3.67. The number of aliphatic carboxylic acids is 1. The lowest BCUT2D eigenvalue weighted by molar-refractivity contribution is -0.306. The maximum absolute atomic E-state index is 10.8. The van der Waals surface area contributed by atoms with Crippen molar-refractivity contribution >= 4 is 5.97 Å². The molecule has 0 aromatic heterocycles. The van der Waals surface area contributed by atoms with Gasteiger partial charge in [0.05, 0.1) is 6.61 Å². The van der Waals surface area contributed by atoms with E-state index in [1.165, 1.54) is 0 Å². The molecule has 3 aromatic carbocycles. The topological polar surface area (TPSA) is 67.8 Å². The van der Waals surface area contributed by atoms with Crippen LogP contribution in [0, 0.1) is 0 Å². The Labute approximate surface area is 163 Å². The number of para-hydroxylation sites is 1. The summed E-state index contributed by atoms with van der Waals surface area (Å²) in [6.45, 7) is 0.735. The molecule has 0 amide bonds. The molecular formula is C23H19O5-. The third kappa shape index (κ3) is 4.26. The van der Waals surface area contributed by atoms with Crippen LogP contribution in [0.5, 0.6) is 23.0 Å². The molecule has 0 saturated heterocycles. The van der Waals surface area contributed by atoms with Gasteiger partial charge in [-0.1, -0.05) is 36.4 Å². The normalized spacial score (nSPS) is 14.8. The summed E-state index contributed by atoms with van der Waals surface area (Å²) in [4.78, 5) is 10.8. The van der Waals surface area contributed by atoms with Gasteiger partial charge in [0.1, 0.15) is 29.6 Å². The van der Waals surface area contributed by atoms with Crippen molar-refractivity contribution < 1.29 is 24.1 Å². The average molecular weight is 375 g/mol. The first-order valence-corrected chi connectivity index (χ1v) is 9.08. The fourth-order valence-corrected chi connectivity index (χ4v) is 3.21. The Morgan fingerprint density at radius 1 is 0.964 bits per heavy atom. The molecule has 5 nitrogen and oxygen atoms in total. The van der Waals surface area contributed by atoms with E-state index in [0.717, 1.165) is 22.6 Å². The minimum Gasteiger partial charge on any atom is -0.550 e. The lowest BCUT2D eigenvalue weighted by Crippen LogP contribution is -2.24. The summed E-state index contributed by atoms with van der Waals surface area (Å²) in [7, 11) is 0. The summed E-state index contributed by atoms with van der Waals surface area (Å²) in [5.41, 5.74) is 1.86. The second-order valence-corrected chi connectivity index (χ2v) is 6.63. The third-order valence-electron chi connectivity index (χ3n) is 4.56. The van der Waals surface area contributed by atoms with Crippen LogP contribution in [0.25, 0.3) is 0 Å². The van der Waals surface area contributed by atoms with E-state index in [-0.39, 0.29) is 12.3 Å². The molecular weight excluding hydrogens is 356 g/mol. The minimum atomic E-state index is -1.07. The van der Waals surface area contributed by atoms with Gasteiger partial charge in [0, 0.05) is 23.5 Å². The van der Waals surface area contributed by atoms with Gasteiger partial charge in [0.15, 0.2) is 0 Å². The van der Waals surface area contributed by atoms with Crippen molar-refractivity contribution in [2.75, 3.05) is 6.61 Å². The van der Waals surface area contributed by atoms with E-state index < -0.39 is 5.97 Å². The molecule has 142 valence electrons. The number of hydrogen-bond acceptors (Lipinski definition) is 5. The van der Waals surface area contributed by atoms with E-state index >= 15 is 0 Å². The Morgan fingerprint density at radius 2 is 1.79 bits per heavy atom. The van der Waals surface area contributed by atoms with E-state index in [4.69, 9.17) is 14.2 Å². The predicted molar refractivity (Wildman–Crippen MR) is 102 cm³/mol. The molecule has 0 spiro atoms. The molecule has 1 atom stereocenters. The summed E-state index contributed by atoms with van der Waals surface area (Å²) >= 11 is 0. The number of fused-ring (bicyclic) bond motifs is 1. The number of carboxylic acid groups (broad SMARTS) is 1. The van der Waals surface area contributed by atoms with Crippen LogP contribution < -0.4 is 19.3 Å². The lowest BCUT2D eigenvalue weighted by Gasteiger charge is -2.11. The second-order valence-electron chi connectivity index (χ2n) is 6.63. The minimum absolute atomic E-state index is 0.0403. The van der Waals surface area contributed by atoms with Crippen LogP contribution in [-0.4, -0.2) is 12.6 Å². The number of carbonyl (C=O) groups is 1. The zero-order valence-corrected chi connectivity index (χ0v) is 15.2. The highest BCUT2D eigenvalue weighted by atomic mass is 16.5. The molecule has 0 radical (unpaired) electrons. The van der Waals surface area contributed by atoms with Gasteiger partial charge < -0.3 is 24.1 Å². The van der Waals surface area contributed by atoms with E-state index in [1.54, 1.807) is 6.07 Å².